The van der Waals surface area contributed by atoms with Gasteiger partial charge in [-0.15, -0.1) is 5.10 Å². The predicted molar refractivity (Wildman–Crippen MR) is 85.1 cm³/mol. The fraction of sp³-hybridized carbons (Fsp3) is 0.308. The molecule has 0 aliphatic carbocycles. The average molecular weight is 310 g/mol. The molecule has 0 radical (unpaired) electrons. The highest BCUT2D eigenvalue weighted by molar-refractivity contribution is 7.80. The average Bonchev–Trinajstić information content (AvgIpc) is 2.78. The van der Waals surface area contributed by atoms with Crippen LogP contribution in [0.3, 0.4) is 0 Å². The number of hydrogen-bond donors (Lipinski definition) is 2. The van der Waals surface area contributed by atoms with Crippen LogP contribution < -0.4 is 10.6 Å². The second-order valence-corrected chi connectivity index (χ2v) is 5.43. The maximum Gasteiger partial charge on any atom is 0.248 e. The van der Waals surface area contributed by atoms with Gasteiger partial charge in [-0.2, -0.15) is 0 Å². The highest BCUT2D eigenvalue weighted by Gasteiger charge is 2.06. The Hall–Kier alpha value is -1.66. The van der Waals surface area contributed by atoms with Crippen molar-refractivity contribution in [3.8, 4) is 0 Å². The number of hydrogen-bond acceptors (Lipinski definition) is 3. The fourth-order valence-electron chi connectivity index (χ4n) is 1.63. The third-order valence-electron chi connectivity index (χ3n) is 2.47. The van der Waals surface area contributed by atoms with Gasteiger partial charge in [0.2, 0.25) is 5.95 Å². The van der Waals surface area contributed by atoms with Crippen molar-refractivity contribution >= 4 is 34.9 Å². The summed E-state index contributed by atoms with van der Waals surface area (Å²) in [6.45, 7) is 4.59. The van der Waals surface area contributed by atoms with Gasteiger partial charge in [-0.1, -0.05) is 29.8 Å². The number of aromatic nitrogens is 3. The number of anilines is 1. The summed E-state index contributed by atoms with van der Waals surface area (Å²) in [7, 11) is 0. The van der Waals surface area contributed by atoms with Gasteiger partial charge in [0.15, 0.2) is 5.11 Å². The molecule has 0 saturated carbocycles. The molecular formula is C13H16ClN5S. The van der Waals surface area contributed by atoms with Crippen LogP contribution >= 0.6 is 23.8 Å². The van der Waals surface area contributed by atoms with Crippen molar-refractivity contribution in [2.24, 2.45) is 0 Å². The van der Waals surface area contributed by atoms with Gasteiger partial charge in [0.1, 0.15) is 6.33 Å². The maximum absolute atomic E-state index is 6.11. The largest absolute Gasteiger partial charge is 0.360 e. The van der Waals surface area contributed by atoms with Crippen LogP contribution in [0.5, 0.6) is 0 Å². The van der Waals surface area contributed by atoms with Gasteiger partial charge in [-0.25, -0.2) is 9.67 Å². The number of benzene rings is 1. The lowest BCUT2D eigenvalue weighted by atomic mass is 10.2. The standard InChI is InChI=1S/C13H16ClN5S/c1-9(2)16-13(20)17-12-15-8-19(18-12)7-10-5-3-4-6-11(10)14/h3-6,8-9H,7H2,1-2H3,(H2,16,17,18,20). The summed E-state index contributed by atoms with van der Waals surface area (Å²) < 4.78 is 1.71. The zero-order chi connectivity index (χ0) is 14.5. The first kappa shape index (κ1) is 14.7. The second kappa shape index (κ2) is 6.67. The van der Waals surface area contributed by atoms with Gasteiger partial charge in [-0.05, 0) is 37.7 Å². The van der Waals surface area contributed by atoms with E-state index in [9.17, 15) is 0 Å². The molecule has 2 N–H and O–H groups in total. The SMILES string of the molecule is CC(C)NC(=S)Nc1ncn(Cc2ccccc2Cl)n1. The molecule has 2 aromatic rings. The lowest BCUT2D eigenvalue weighted by molar-refractivity contribution is 0.687. The Morgan fingerprint density at radius 3 is 2.85 bits per heavy atom. The van der Waals surface area contributed by atoms with Crippen LogP contribution in [0.2, 0.25) is 5.02 Å². The smallest absolute Gasteiger partial charge is 0.248 e. The Labute approximate surface area is 128 Å². The monoisotopic (exact) mass is 309 g/mol. The second-order valence-electron chi connectivity index (χ2n) is 4.61. The normalized spacial score (nSPS) is 10.6. The number of rotatable bonds is 4. The van der Waals surface area contributed by atoms with Gasteiger partial charge in [-0.3, -0.25) is 5.32 Å². The number of halogens is 1. The van der Waals surface area contributed by atoms with E-state index in [1.54, 1.807) is 11.0 Å². The summed E-state index contributed by atoms with van der Waals surface area (Å²) in [4.78, 5) is 4.16. The van der Waals surface area contributed by atoms with Crippen LogP contribution in [0, 0.1) is 0 Å². The van der Waals surface area contributed by atoms with Crippen molar-refractivity contribution in [3.05, 3.63) is 41.2 Å². The molecule has 1 heterocycles. The van der Waals surface area contributed by atoms with Crippen LogP contribution in [0.1, 0.15) is 19.4 Å². The first-order valence-electron chi connectivity index (χ1n) is 6.25. The summed E-state index contributed by atoms with van der Waals surface area (Å²) in [6, 6.07) is 7.92. The Morgan fingerprint density at radius 2 is 2.15 bits per heavy atom. The van der Waals surface area contributed by atoms with Crippen LogP contribution in [0.25, 0.3) is 0 Å². The van der Waals surface area contributed by atoms with E-state index in [0.717, 1.165) is 10.6 Å². The van der Waals surface area contributed by atoms with E-state index >= 15 is 0 Å². The van der Waals surface area contributed by atoms with E-state index in [1.165, 1.54) is 0 Å². The van der Waals surface area contributed by atoms with Crippen LogP contribution in [-0.2, 0) is 6.54 Å². The quantitative estimate of drug-likeness (QED) is 0.851. The highest BCUT2D eigenvalue weighted by atomic mass is 35.5. The minimum atomic E-state index is 0.264. The van der Waals surface area contributed by atoms with Crippen molar-refractivity contribution in [1.82, 2.24) is 20.1 Å². The van der Waals surface area contributed by atoms with Crippen LogP contribution in [-0.4, -0.2) is 25.9 Å². The summed E-state index contributed by atoms with van der Waals surface area (Å²) >= 11 is 11.3. The maximum atomic E-state index is 6.11. The van der Waals surface area contributed by atoms with E-state index in [1.807, 2.05) is 38.1 Å². The number of nitrogens with one attached hydrogen (secondary N) is 2. The molecule has 20 heavy (non-hydrogen) atoms. The number of thiocarbonyl (C=S) groups is 1. The summed E-state index contributed by atoms with van der Waals surface area (Å²) in [5, 5.41) is 11.5. The third kappa shape index (κ3) is 4.18. The fourth-order valence-corrected chi connectivity index (χ4v) is 2.15. The molecule has 0 spiro atoms. The van der Waals surface area contributed by atoms with E-state index in [0.29, 0.717) is 17.6 Å². The van der Waals surface area contributed by atoms with Gasteiger partial charge in [0, 0.05) is 11.1 Å². The Bertz CT molecular complexity index is 596. The van der Waals surface area contributed by atoms with Crippen molar-refractivity contribution in [3.63, 3.8) is 0 Å². The molecule has 0 fully saturated rings. The first-order valence-corrected chi connectivity index (χ1v) is 7.03. The first-order chi connectivity index (χ1) is 9.54. The Kier molecular flexibility index (Phi) is 4.92. The summed E-state index contributed by atoms with van der Waals surface area (Å²) in [5.74, 6) is 0.468. The zero-order valence-electron chi connectivity index (χ0n) is 11.3. The molecule has 1 aromatic heterocycles. The van der Waals surface area contributed by atoms with Gasteiger partial charge in [0.05, 0.1) is 6.54 Å². The van der Waals surface area contributed by atoms with Crippen molar-refractivity contribution < 1.29 is 0 Å². The molecule has 1 aromatic carbocycles. The zero-order valence-corrected chi connectivity index (χ0v) is 12.9. The Morgan fingerprint density at radius 1 is 1.40 bits per heavy atom. The topological polar surface area (TPSA) is 54.8 Å². The molecule has 0 saturated heterocycles. The Balaban J connectivity index is 1.99. The van der Waals surface area contributed by atoms with E-state index < -0.39 is 0 Å². The van der Waals surface area contributed by atoms with E-state index in [4.69, 9.17) is 23.8 Å². The molecule has 0 amide bonds. The van der Waals surface area contributed by atoms with Crippen molar-refractivity contribution in [2.45, 2.75) is 26.4 Å². The predicted octanol–water partition coefficient (Wildman–Crippen LogP) is 2.67. The summed E-state index contributed by atoms with van der Waals surface area (Å²) in [5.41, 5.74) is 0.994. The van der Waals surface area contributed by atoms with Gasteiger partial charge >= 0.3 is 0 Å². The van der Waals surface area contributed by atoms with Crippen molar-refractivity contribution in [1.29, 1.82) is 0 Å². The minimum absolute atomic E-state index is 0.264. The number of nitrogens with zero attached hydrogens (tertiary/aromatic N) is 3. The van der Waals surface area contributed by atoms with Crippen molar-refractivity contribution in [2.75, 3.05) is 5.32 Å². The molecular weight excluding hydrogens is 294 g/mol. The lowest BCUT2D eigenvalue weighted by Crippen LogP contribution is -2.34. The molecule has 0 bridgehead atoms. The molecule has 0 aliphatic heterocycles. The molecule has 2 rings (SSSR count). The summed E-state index contributed by atoms with van der Waals surface area (Å²) in [6.07, 6.45) is 1.64. The molecule has 0 aliphatic rings. The van der Waals surface area contributed by atoms with Crippen LogP contribution in [0.4, 0.5) is 5.95 Å². The molecule has 7 heteroatoms. The highest BCUT2D eigenvalue weighted by Crippen LogP contribution is 2.15. The van der Waals surface area contributed by atoms with Gasteiger partial charge in [0.25, 0.3) is 0 Å². The molecule has 0 atom stereocenters. The molecule has 5 nitrogen and oxygen atoms in total. The molecule has 106 valence electrons. The van der Waals surface area contributed by atoms with Gasteiger partial charge < -0.3 is 5.32 Å². The van der Waals surface area contributed by atoms with E-state index in [2.05, 4.69) is 20.7 Å². The van der Waals surface area contributed by atoms with E-state index in [-0.39, 0.29) is 6.04 Å². The lowest BCUT2D eigenvalue weighted by Gasteiger charge is -2.10. The third-order valence-corrected chi connectivity index (χ3v) is 3.06. The van der Waals surface area contributed by atoms with Crippen LogP contribution in [0.15, 0.2) is 30.6 Å². The molecule has 0 unspecified atom stereocenters. The minimum Gasteiger partial charge on any atom is -0.360 e.